The summed E-state index contributed by atoms with van der Waals surface area (Å²) >= 11 is 0. The van der Waals surface area contributed by atoms with E-state index in [-0.39, 0.29) is 6.10 Å². The fourth-order valence-corrected chi connectivity index (χ4v) is 2.09. The van der Waals surface area contributed by atoms with Gasteiger partial charge in [0.15, 0.2) is 0 Å². The fourth-order valence-electron chi connectivity index (χ4n) is 2.09. The minimum absolute atomic E-state index is 0.138. The minimum Gasteiger partial charge on any atom is -0.491 e. The molecule has 1 aromatic rings. The van der Waals surface area contributed by atoms with Crippen LogP contribution in [0.1, 0.15) is 28.8 Å². The highest BCUT2D eigenvalue weighted by Crippen LogP contribution is 2.25. The normalized spacial score (nSPS) is 18.3. The molecule has 0 amide bonds. The number of carbonyl (C=O) groups excluding carboxylic acids is 1. The third kappa shape index (κ3) is 3.17. The molecule has 1 saturated heterocycles. The number of carbonyl (C=O) groups is 1. The number of esters is 1. The van der Waals surface area contributed by atoms with Crippen LogP contribution >= 0.6 is 0 Å². The number of benzene rings is 1. The second-order valence-electron chi connectivity index (χ2n) is 4.64. The first-order chi connectivity index (χ1) is 9.11. The molecule has 1 atom stereocenters. The Morgan fingerprint density at radius 1 is 1.53 bits per heavy atom. The van der Waals surface area contributed by atoms with Gasteiger partial charge in [-0.2, -0.15) is 0 Å². The van der Waals surface area contributed by atoms with E-state index in [2.05, 4.69) is 0 Å². The number of methoxy groups -OCH3 is 1. The average Bonchev–Trinajstić information content (AvgIpc) is 2.92. The highest BCUT2D eigenvalue weighted by molar-refractivity contribution is 5.96. The van der Waals surface area contributed by atoms with Crippen molar-refractivity contribution < 1.29 is 19.0 Å². The summed E-state index contributed by atoms with van der Waals surface area (Å²) in [6.45, 7) is 3.12. The number of rotatable bonds is 4. The van der Waals surface area contributed by atoms with Gasteiger partial charge in [0.1, 0.15) is 12.4 Å². The van der Waals surface area contributed by atoms with Gasteiger partial charge in [0.2, 0.25) is 0 Å². The monoisotopic (exact) mass is 265 g/mol. The second kappa shape index (κ2) is 5.93. The van der Waals surface area contributed by atoms with Gasteiger partial charge < -0.3 is 19.9 Å². The Bertz CT molecular complexity index is 467. The van der Waals surface area contributed by atoms with E-state index in [4.69, 9.17) is 19.9 Å². The summed E-state index contributed by atoms with van der Waals surface area (Å²) in [5.41, 5.74) is 7.43. The zero-order valence-corrected chi connectivity index (χ0v) is 11.3. The van der Waals surface area contributed by atoms with Crippen molar-refractivity contribution in [2.75, 3.05) is 26.1 Å². The Morgan fingerprint density at radius 3 is 2.95 bits per heavy atom. The van der Waals surface area contributed by atoms with Gasteiger partial charge in [-0.05, 0) is 37.5 Å². The van der Waals surface area contributed by atoms with Gasteiger partial charge in [0, 0.05) is 12.3 Å². The van der Waals surface area contributed by atoms with Crippen molar-refractivity contribution in [1.29, 1.82) is 0 Å². The lowest BCUT2D eigenvalue weighted by molar-refractivity contribution is 0.0599. The molecule has 1 heterocycles. The van der Waals surface area contributed by atoms with E-state index in [1.165, 1.54) is 7.11 Å². The van der Waals surface area contributed by atoms with Crippen molar-refractivity contribution in [2.45, 2.75) is 25.9 Å². The van der Waals surface area contributed by atoms with E-state index in [1.807, 2.05) is 13.0 Å². The van der Waals surface area contributed by atoms with Crippen molar-refractivity contribution in [3.05, 3.63) is 23.3 Å². The van der Waals surface area contributed by atoms with Crippen LogP contribution in [-0.4, -0.2) is 32.4 Å². The summed E-state index contributed by atoms with van der Waals surface area (Å²) in [5.74, 6) is 0.158. The third-order valence-electron chi connectivity index (χ3n) is 3.23. The Kier molecular flexibility index (Phi) is 4.27. The SMILES string of the molecule is COC(=O)c1cc(OCC2CCCO2)cc(C)c1N. The molecule has 0 spiro atoms. The maximum absolute atomic E-state index is 11.6. The number of aryl methyl sites for hydroxylation is 1. The number of ether oxygens (including phenoxy) is 3. The van der Waals surface area contributed by atoms with Gasteiger partial charge in [0.25, 0.3) is 0 Å². The van der Waals surface area contributed by atoms with Crippen LogP contribution in [0.2, 0.25) is 0 Å². The van der Waals surface area contributed by atoms with Crippen molar-refractivity contribution in [3.8, 4) is 5.75 Å². The minimum atomic E-state index is -0.455. The maximum atomic E-state index is 11.6. The lowest BCUT2D eigenvalue weighted by Crippen LogP contribution is -2.17. The maximum Gasteiger partial charge on any atom is 0.340 e. The first-order valence-electron chi connectivity index (χ1n) is 6.34. The van der Waals surface area contributed by atoms with Crippen LogP contribution in [0.5, 0.6) is 5.75 Å². The molecular formula is C14H19NO4. The molecule has 0 saturated carbocycles. The second-order valence-corrected chi connectivity index (χ2v) is 4.64. The first kappa shape index (κ1) is 13.7. The molecule has 0 bridgehead atoms. The standard InChI is InChI=1S/C14H19NO4/c1-9-6-11(19-8-10-4-3-5-18-10)7-12(13(9)15)14(16)17-2/h6-7,10H,3-5,8,15H2,1-2H3. The highest BCUT2D eigenvalue weighted by Gasteiger charge is 2.18. The molecular weight excluding hydrogens is 246 g/mol. The van der Waals surface area contributed by atoms with Crippen LogP contribution in [0.3, 0.4) is 0 Å². The molecule has 0 aromatic heterocycles. The fraction of sp³-hybridized carbons (Fsp3) is 0.500. The van der Waals surface area contributed by atoms with Crippen molar-refractivity contribution in [1.82, 2.24) is 0 Å². The van der Waals surface area contributed by atoms with Gasteiger partial charge >= 0.3 is 5.97 Å². The summed E-state index contributed by atoms with van der Waals surface area (Å²) < 4.78 is 15.9. The lowest BCUT2D eigenvalue weighted by Gasteiger charge is -2.14. The smallest absolute Gasteiger partial charge is 0.340 e. The summed E-state index contributed by atoms with van der Waals surface area (Å²) in [6, 6.07) is 3.43. The summed E-state index contributed by atoms with van der Waals surface area (Å²) in [6.07, 6.45) is 2.22. The van der Waals surface area contributed by atoms with E-state index in [0.717, 1.165) is 25.0 Å². The predicted molar refractivity (Wildman–Crippen MR) is 71.4 cm³/mol. The third-order valence-corrected chi connectivity index (χ3v) is 3.23. The topological polar surface area (TPSA) is 70.8 Å². The molecule has 1 aliphatic rings. The summed E-state index contributed by atoms with van der Waals surface area (Å²) in [5, 5.41) is 0. The van der Waals surface area contributed by atoms with Crippen molar-refractivity contribution in [2.24, 2.45) is 0 Å². The van der Waals surface area contributed by atoms with Crippen LogP contribution in [0.25, 0.3) is 0 Å². The molecule has 0 aliphatic carbocycles. The average molecular weight is 265 g/mol. The van der Waals surface area contributed by atoms with Crippen molar-refractivity contribution >= 4 is 11.7 Å². The molecule has 2 N–H and O–H groups in total. The molecule has 2 rings (SSSR count). The van der Waals surface area contributed by atoms with Crippen molar-refractivity contribution in [3.63, 3.8) is 0 Å². The van der Waals surface area contributed by atoms with Crippen LogP contribution in [0.15, 0.2) is 12.1 Å². The Labute approximate surface area is 112 Å². The first-order valence-corrected chi connectivity index (χ1v) is 6.34. The highest BCUT2D eigenvalue weighted by atomic mass is 16.5. The number of hydrogen-bond donors (Lipinski definition) is 1. The molecule has 5 heteroatoms. The van der Waals surface area contributed by atoms with E-state index in [1.54, 1.807) is 6.07 Å². The predicted octanol–water partition coefficient (Wildman–Crippen LogP) is 1.92. The molecule has 19 heavy (non-hydrogen) atoms. The van der Waals surface area contributed by atoms with E-state index in [9.17, 15) is 4.79 Å². The molecule has 0 radical (unpaired) electrons. The number of anilines is 1. The van der Waals surface area contributed by atoms with Gasteiger partial charge in [-0.3, -0.25) is 0 Å². The molecule has 1 aliphatic heterocycles. The van der Waals surface area contributed by atoms with E-state index >= 15 is 0 Å². The van der Waals surface area contributed by atoms with E-state index < -0.39 is 5.97 Å². The summed E-state index contributed by atoms with van der Waals surface area (Å²) in [4.78, 5) is 11.6. The molecule has 1 unspecified atom stereocenters. The lowest BCUT2D eigenvalue weighted by atomic mass is 10.1. The largest absolute Gasteiger partial charge is 0.491 e. The Hall–Kier alpha value is -1.75. The molecule has 104 valence electrons. The molecule has 1 fully saturated rings. The number of nitrogen functional groups attached to an aromatic ring is 1. The van der Waals surface area contributed by atoms with Crippen LogP contribution in [0.4, 0.5) is 5.69 Å². The van der Waals surface area contributed by atoms with Crippen LogP contribution in [-0.2, 0) is 9.47 Å². The van der Waals surface area contributed by atoms with Crippen LogP contribution < -0.4 is 10.5 Å². The Morgan fingerprint density at radius 2 is 2.32 bits per heavy atom. The molecule has 1 aromatic carbocycles. The van der Waals surface area contributed by atoms with Gasteiger partial charge in [-0.25, -0.2) is 4.79 Å². The number of hydrogen-bond acceptors (Lipinski definition) is 5. The van der Waals surface area contributed by atoms with Gasteiger partial charge in [0.05, 0.1) is 18.8 Å². The Balaban J connectivity index is 2.11. The van der Waals surface area contributed by atoms with Gasteiger partial charge in [-0.15, -0.1) is 0 Å². The summed E-state index contributed by atoms with van der Waals surface area (Å²) in [7, 11) is 1.33. The number of nitrogens with two attached hydrogens (primary N) is 1. The zero-order chi connectivity index (χ0) is 13.8. The molecule has 5 nitrogen and oxygen atoms in total. The van der Waals surface area contributed by atoms with Crippen LogP contribution in [0, 0.1) is 6.92 Å². The zero-order valence-electron chi connectivity index (χ0n) is 11.3. The van der Waals surface area contributed by atoms with E-state index in [0.29, 0.717) is 23.6 Å². The quantitative estimate of drug-likeness (QED) is 0.665. The van der Waals surface area contributed by atoms with Gasteiger partial charge in [-0.1, -0.05) is 0 Å².